The standard InChI is InChI=1S/C14H25N3/c1-3-7-16-10-11-9-12(14(16)6-1)15-17-8-4-2-5-13(11)17/h11-15H,1-10H2/t11-,12+,13-,14+/m1/s1. The van der Waals surface area contributed by atoms with Gasteiger partial charge < -0.3 is 0 Å². The third kappa shape index (κ3) is 1.74. The van der Waals surface area contributed by atoms with Gasteiger partial charge in [0.1, 0.15) is 0 Å². The molecule has 3 heteroatoms. The SMILES string of the molecule is C1CCN2N[C@H]3C[C@H](CN4CCCC[C@@H]34)[C@H]2C1. The van der Waals surface area contributed by atoms with Crippen molar-refractivity contribution in [3.8, 4) is 0 Å². The maximum absolute atomic E-state index is 3.88. The van der Waals surface area contributed by atoms with Gasteiger partial charge in [0.25, 0.3) is 0 Å². The molecule has 2 bridgehead atoms. The molecular formula is C14H25N3. The molecule has 0 saturated carbocycles. The van der Waals surface area contributed by atoms with E-state index < -0.39 is 0 Å². The Labute approximate surface area is 104 Å². The first-order valence-electron chi connectivity index (χ1n) is 7.69. The maximum Gasteiger partial charge on any atom is 0.0374 e. The van der Waals surface area contributed by atoms with E-state index in [9.17, 15) is 0 Å². The minimum atomic E-state index is 0.767. The van der Waals surface area contributed by atoms with Crippen LogP contribution in [0.25, 0.3) is 0 Å². The summed E-state index contributed by atoms with van der Waals surface area (Å²) in [6.45, 7) is 4.06. The van der Waals surface area contributed by atoms with Gasteiger partial charge in [0.05, 0.1) is 0 Å². The first-order chi connectivity index (χ1) is 8.42. The highest BCUT2D eigenvalue weighted by molar-refractivity contribution is 5.01. The van der Waals surface area contributed by atoms with Crippen molar-refractivity contribution in [2.45, 2.75) is 63.1 Å². The van der Waals surface area contributed by atoms with E-state index in [0.29, 0.717) is 0 Å². The first kappa shape index (κ1) is 10.8. The molecule has 4 rings (SSSR count). The van der Waals surface area contributed by atoms with Gasteiger partial charge >= 0.3 is 0 Å². The molecule has 0 aromatic rings. The van der Waals surface area contributed by atoms with Crippen molar-refractivity contribution in [2.24, 2.45) is 5.92 Å². The summed E-state index contributed by atoms with van der Waals surface area (Å²) in [6, 6.07) is 2.47. The molecule has 17 heavy (non-hydrogen) atoms. The predicted molar refractivity (Wildman–Crippen MR) is 68.6 cm³/mol. The molecule has 0 aromatic heterocycles. The predicted octanol–water partition coefficient (Wildman–Crippen LogP) is 1.60. The fraction of sp³-hybridized carbons (Fsp3) is 1.00. The second-order valence-corrected chi connectivity index (χ2v) is 6.55. The van der Waals surface area contributed by atoms with Gasteiger partial charge in [-0.2, -0.15) is 0 Å². The van der Waals surface area contributed by atoms with Crippen LogP contribution in [0, 0.1) is 5.92 Å². The second kappa shape index (κ2) is 4.22. The number of rotatable bonds is 0. The van der Waals surface area contributed by atoms with E-state index in [1.165, 1.54) is 64.6 Å². The highest BCUT2D eigenvalue weighted by atomic mass is 15.6. The van der Waals surface area contributed by atoms with E-state index in [2.05, 4.69) is 15.3 Å². The zero-order chi connectivity index (χ0) is 11.2. The molecule has 4 heterocycles. The van der Waals surface area contributed by atoms with E-state index in [4.69, 9.17) is 0 Å². The van der Waals surface area contributed by atoms with Crippen LogP contribution in [0.1, 0.15) is 44.9 Å². The third-order valence-corrected chi connectivity index (χ3v) is 5.58. The quantitative estimate of drug-likeness (QED) is 0.688. The Hall–Kier alpha value is -0.120. The van der Waals surface area contributed by atoms with Crippen molar-refractivity contribution in [3.63, 3.8) is 0 Å². The molecule has 4 saturated heterocycles. The summed E-state index contributed by atoms with van der Waals surface area (Å²) in [6.07, 6.45) is 10.1. The molecule has 4 fully saturated rings. The van der Waals surface area contributed by atoms with Crippen molar-refractivity contribution in [3.05, 3.63) is 0 Å². The Morgan fingerprint density at radius 2 is 1.71 bits per heavy atom. The van der Waals surface area contributed by atoms with Gasteiger partial charge in [0.15, 0.2) is 0 Å². The highest BCUT2D eigenvalue weighted by Gasteiger charge is 2.46. The Bertz CT molecular complexity index is 265. The van der Waals surface area contributed by atoms with Crippen molar-refractivity contribution >= 4 is 0 Å². The summed E-state index contributed by atoms with van der Waals surface area (Å²) >= 11 is 0. The number of piperidine rings is 3. The Balaban J connectivity index is 1.56. The van der Waals surface area contributed by atoms with E-state index in [0.717, 1.165) is 24.0 Å². The second-order valence-electron chi connectivity index (χ2n) is 6.55. The van der Waals surface area contributed by atoms with Crippen LogP contribution in [0.15, 0.2) is 0 Å². The summed E-state index contributed by atoms with van der Waals surface area (Å²) in [5.41, 5.74) is 3.88. The number of hydrazine groups is 1. The van der Waals surface area contributed by atoms with Gasteiger partial charge in [-0.1, -0.05) is 12.8 Å². The zero-order valence-corrected chi connectivity index (χ0v) is 10.8. The number of fused-ring (bicyclic) bond motifs is 6. The van der Waals surface area contributed by atoms with Gasteiger partial charge in [0, 0.05) is 31.2 Å². The average Bonchev–Trinajstić information content (AvgIpc) is 2.39. The minimum absolute atomic E-state index is 0.767. The van der Waals surface area contributed by atoms with Crippen LogP contribution in [0.5, 0.6) is 0 Å². The molecular weight excluding hydrogens is 210 g/mol. The summed E-state index contributed by atoms with van der Waals surface area (Å²) in [7, 11) is 0. The number of hydrogen-bond donors (Lipinski definition) is 1. The fourth-order valence-corrected chi connectivity index (χ4v) is 4.80. The summed E-state index contributed by atoms with van der Waals surface area (Å²) in [5, 5.41) is 2.62. The number of hydrogen-bond acceptors (Lipinski definition) is 3. The summed E-state index contributed by atoms with van der Waals surface area (Å²) in [5.74, 6) is 0.955. The Morgan fingerprint density at radius 3 is 2.65 bits per heavy atom. The minimum Gasteiger partial charge on any atom is -0.298 e. The zero-order valence-electron chi connectivity index (χ0n) is 10.8. The largest absolute Gasteiger partial charge is 0.298 e. The van der Waals surface area contributed by atoms with Crippen LogP contribution in [-0.4, -0.2) is 47.7 Å². The summed E-state index contributed by atoms with van der Waals surface area (Å²) < 4.78 is 0. The number of nitrogens with zero attached hydrogens (tertiary/aromatic N) is 2. The van der Waals surface area contributed by atoms with Gasteiger partial charge in [-0.25, -0.2) is 5.01 Å². The van der Waals surface area contributed by atoms with Crippen molar-refractivity contribution < 1.29 is 0 Å². The average molecular weight is 235 g/mol. The van der Waals surface area contributed by atoms with Crippen LogP contribution < -0.4 is 5.43 Å². The van der Waals surface area contributed by atoms with E-state index in [-0.39, 0.29) is 0 Å². The molecule has 4 aliphatic rings. The molecule has 0 spiro atoms. The highest BCUT2D eigenvalue weighted by Crippen LogP contribution is 2.38. The molecule has 0 amide bonds. The van der Waals surface area contributed by atoms with Gasteiger partial charge in [0.2, 0.25) is 0 Å². The van der Waals surface area contributed by atoms with Crippen LogP contribution in [-0.2, 0) is 0 Å². The molecule has 4 atom stereocenters. The molecule has 0 aromatic carbocycles. The van der Waals surface area contributed by atoms with Crippen molar-refractivity contribution in [1.82, 2.24) is 15.3 Å². The van der Waals surface area contributed by atoms with Crippen molar-refractivity contribution in [2.75, 3.05) is 19.6 Å². The van der Waals surface area contributed by atoms with Gasteiger partial charge in [-0.15, -0.1) is 0 Å². The monoisotopic (exact) mass is 235 g/mol. The van der Waals surface area contributed by atoms with Crippen LogP contribution in [0.3, 0.4) is 0 Å². The fourth-order valence-electron chi connectivity index (χ4n) is 4.80. The van der Waals surface area contributed by atoms with Gasteiger partial charge in [-0.05, 0) is 44.6 Å². The lowest BCUT2D eigenvalue weighted by molar-refractivity contribution is -0.0897. The normalized spacial score (nSPS) is 47.3. The van der Waals surface area contributed by atoms with E-state index in [1.807, 2.05) is 0 Å². The van der Waals surface area contributed by atoms with Crippen molar-refractivity contribution in [1.29, 1.82) is 0 Å². The number of nitrogens with one attached hydrogen (secondary N) is 1. The molecule has 1 N–H and O–H groups in total. The summed E-state index contributed by atoms with van der Waals surface area (Å²) in [4.78, 5) is 2.81. The maximum atomic E-state index is 3.88. The van der Waals surface area contributed by atoms with Gasteiger partial charge in [-0.3, -0.25) is 10.3 Å². The smallest absolute Gasteiger partial charge is 0.0374 e. The Kier molecular flexibility index (Phi) is 2.67. The van der Waals surface area contributed by atoms with Crippen LogP contribution in [0.2, 0.25) is 0 Å². The topological polar surface area (TPSA) is 18.5 Å². The molecule has 0 unspecified atom stereocenters. The van der Waals surface area contributed by atoms with E-state index >= 15 is 0 Å². The Morgan fingerprint density at radius 1 is 0.882 bits per heavy atom. The lowest BCUT2D eigenvalue weighted by Gasteiger charge is -2.57. The molecule has 3 nitrogen and oxygen atoms in total. The van der Waals surface area contributed by atoms with Crippen LogP contribution >= 0.6 is 0 Å². The molecule has 96 valence electrons. The molecule has 0 aliphatic carbocycles. The lowest BCUT2D eigenvalue weighted by atomic mass is 9.76. The first-order valence-corrected chi connectivity index (χ1v) is 7.69. The van der Waals surface area contributed by atoms with Crippen LogP contribution in [0.4, 0.5) is 0 Å². The lowest BCUT2D eigenvalue weighted by Crippen LogP contribution is -2.70. The molecule has 0 radical (unpaired) electrons. The third-order valence-electron chi connectivity index (χ3n) is 5.58. The molecule has 4 aliphatic heterocycles. The van der Waals surface area contributed by atoms with E-state index in [1.54, 1.807) is 0 Å².